The maximum Gasteiger partial charge on any atom is 0.275 e. The number of carbonyl (C=O) groups is 1. The first kappa shape index (κ1) is 19.7. The summed E-state index contributed by atoms with van der Waals surface area (Å²) in [6, 6.07) is 19.6. The lowest BCUT2D eigenvalue weighted by molar-refractivity contribution is 0.102. The molecular weight excluding hydrogens is 406 g/mol. The number of rotatable bonds is 6. The standard InChI is InChI=1S/C23H16F2N2O2S/c24-16-6-8-17(9-7-16)26-22(28)21-14-30-23(27-21)19-11-10-18(12-20(19)25)29-13-15-4-2-1-3-5-15/h1-12,14H,13H2,(H,26,28). The molecule has 150 valence electrons. The fraction of sp³-hybridized carbons (Fsp3) is 0.0435. The van der Waals surface area contributed by atoms with Crippen molar-refractivity contribution in [1.29, 1.82) is 0 Å². The molecular formula is C23H16F2N2O2S. The molecule has 4 aromatic rings. The highest BCUT2D eigenvalue weighted by atomic mass is 32.1. The average molecular weight is 422 g/mol. The molecule has 0 aliphatic carbocycles. The SMILES string of the molecule is O=C(Nc1ccc(F)cc1)c1csc(-c2ccc(OCc3ccccc3)cc2F)n1. The Morgan fingerprint density at radius 2 is 1.77 bits per heavy atom. The van der Waals surface area contributed by atoms with Crippen LogP contribution in [0, 0.1) is 11.6 Å². The van der Waals surface area contributed by atoms with Crippen molar-refractivity contribution in [2.24, 2.45) is 0 Å². The van der Waals surface area contributed by atoms with Gasteiger partial charge in [-0.05, 0) is 42.0 Å². The molecule has 0 spiro atoms. The monoisotopic (exact) mass is 422 g/mol. The fourth-order valence-corrected chi connectivity index (χ4v) is 3.56. The zero-order chi connectivity index (χ0) is 20.9. The number of nitrogens with one attached hydrogen (secondary N) is 1. The van der Waals surface area contributed by atoms with Gasteiger partial charge in [-0.3, -0.25) is 4.79 Å². The maximum atomic E-state index is 14.6. The van der Waals surface area contributed by atoms with E-state index in [0.29, 0.717) is 23.1 Å². The van der Waals surface area contributed by atoms with Crippen LogP contribution in [0.2, 0.25) is 0 Å². The quantitative estimate of drug-likeness (QED) is 0.420. The number of anilines is 1. The van der Waals surface area contributed by atoms with Gasteiger partial charge in [0.25, 0.3) is 5.91 Å². The van der Waals surface area contributed by atoms with Gasteiger partial charge in [-0.15, -0.1) is 11.3 Å². The van der Waals surface area contributed by atoms with E-state index in [0.717, 1.165) is 16.9 Å². The Bertz CT molecular complexity index is 1160. The van der Waals surface area contributed by atoms with Gasteiger partial charge < -0.3 is 10.1 Å². The smallest absolute Gasteiger partial charge is 0.275 e. The first-order valence-corrected chi connectivity index (χ1v) is 9.95. The highest BCUT2D eigenvalue weighted by Crippen LogP contribution is 2.29. The van der Waals surface area contributed by atoms with Crippen LogP contribution in [0.15, 0.2) is 78.2 Å². The topological polar surface area (TPSA) is 51.2 Å². The molecule has 1 heterocycles. The minimum atomic E-state index is -0.486. The van der Waals surface area contributed by atoms with Crippen molar-refractivity contribution < 1.29 is 18.3 Å². The van der Waals surface area contributed by atoms with Gasteiger partial charge in [0.15, 0.2) is 0 Å². The van der Waals surface area contributed by atoms with Crippen LogP contribution < -0.4 is 10.1 Å². The van der Waals surface area contributed by atoms with Crippen LogP contribution >= 0.6 is 11.3 Å². The number of thiazole rings is 1. The highest BCUT2D eigenvalue weighted by Gasteiger charge is 2.15. The van der Waals surface area contributed by atoms with Gasteiger partial charge in [-0.1, -0.05) is 30.3 Å². The van der Waals surface area contributed by atoms with Crippen LogP contribution in [-0.4, -0.2) is 10.9 Å². The van der Waals surface area contributed by atoms with Gasteiger partial charge in [0, 0.05) is 22.7 Å². The minimum Gasteiger partial charge on any atom is -0.489 e. The summed E-state index contributed by atoms with van der Waals surface area (Å²) in [7, 11) is 0. The third-order valence-electron chi connectivity index (χ3n) is 4.26. The molecule has 1 amide bonds. The summed E-state index contributed by atoms with van der Waals surface area (Å²) in [4.78, 5) is 16.6. The molecule has 7 heteroatoms. The fourth-order valence-electron chi connectivity index (χ4n) is 2.73. The van der Waals surface area contributed by atoms with Gasteiger partial charge in [-0.25, -0.2) is 13.8 Å². The van der Waals surface area contributed by atoms with Crippen molar-refractivity contribution in [1.82, 2.24) is 4.98 Å². The Labute approximate surface area is 175 Å². The average Bonchev–Trinajstić information content (AvgIpc) is 3.25. The van der Waals surface area contributed by atoms with Gasteiger partial charge >= 0.3 is 0 Å². The Balaban J connectivity index is 1.44. The second-order valence-corrected chi connectivity index (χ2v) is 7.27. The zero-order valence-corrected chi connectivity index (χ0v) is 16.5. The molecule has 0 fully saturated rings. The first-order chi connectivity index (χ1) is 14.6. The predicted molar refractivity (Wildman–Crippen MR) is 113 cm³/mol. The van der Waals surface area contributed by atoms with Crippen molar-refractivity contribution in [3.05, 3.63) is 101 Å². The predicted octanol–water partition coefficient (Wildman–Crippen LogP) is 5.92. The lowest BCUT2D eigenvalue weighted by atomic mass is 10.2. The molecule has 3 aromatic carbocycles. The summed E-state index contributed by atoms with van der Waals surface area (Å²) in [6.45, 7) is 0.338. The Kier molecular flexibility index (Phi) is 5.81. The number of hydrogen-bond acceptors (Lipinski definition) is 4. The van der Waals surface area contributed by atoms with E-state index >= 15 is 0 Å². The number of halogens is 2. The Morgan fingerprint density at radius 1 is 1.00 bits per heavy atom. The molecule has 4 rings (SSSR count). The third-order valence-corrected chi connectivity index (χ3v) is 5.13. The molecule has 4 nitrogen and oxygen atoms in total. The molecule has 0 atom stereocenters. The van der Waals surface area contributed by atoms with E-state index in [1.165, 1.54) is 30.3 Å². The van der Waals surface area contributed by atoms with Crippen LogP contribution in [0.5, 0.6) is 5.75 Å². The molecule has 0 saturated carbocycles. The minimum absolute atomic E-state index is 0.156. The molecule has 0 unspecified atom stereocenters. The van der Waals surface area contributed by atoms with Crippen LogP contribution in [0.3, 0.4) is 0 Å². The second-order valence-electron chi connectivity index (χ2n) is 6.41. The molecule has 0 aliphatic rings. The molecule has 0 saturated heterocycles. The number of ether oxygens (including phenoxy) is 1. The van der Waals surface area contributed by atoms with Crippen molar-refractivity contribution in [3.63, 3.8) is 0 Å². The van der Waals surface area contributed by atoms with E-state index in [2.05, 4.69) is 10.3 Å². The number of aromatic nitrogens is 1. The summed E-state index contributed by atoms with van der Waals surface area (Å²) in [6.07, 6.45) is 0. The van der Waals surface area contributed by atoms with E-state index in [4.69, 9.17) is 4.74 Å². The number of hydrogen-bond donors (Lipinski definition) is 1. The zero-order valence-electron chi connectivity index (χ0n) is 15.6. The van der Waals surface area contributed by atoms with Crippen molar-refractivity contribution >= 4 is 22.9 Å². The van der Waals surface area contributed by atoms with Crippen molar-refractivity contribution in [3.8, 4) is 16.3 Å². The third kappa shape index (κ3) is 4.69. The van der Waals surface area contributed by atoms with Gasteiger partial charge in [0.05, 0.1) is 0 Å². The lowest BCUT2D eigenvalue weighted by Gasteiger charge is -2.07. The van der Waals surface area contributed by atoms with E-state index in [1.54, 1.807) is 17.5 Å². The number of amides is 1. The Hall–Kier alpha value is -3.58. The van der Waals surface area contributed by atoms with Crippen molar-refractivity contribution in [2.45, 2.75) is 6.61 Å². The molecule has 0 aliphatic heterocycles. The molecule has 30 heavy (non-hydrogen) atoms. The van der Waals surface area contributed by atoms with Crippen LogP contribution in [-0.2, 0) is 6.61 Å². The first-order valence-electron chi connectivity index (χ1n) is 9.07. The Morgan fingerprint density at radius 3 is 2.50 bits per heavy atom. The summed E-state index contributed by atoms with van der Waals surface area (Å²) in [5.74, 6) is -0.922. The summed E-state index contributed by atoms with van der Waals surface area (Å²) in [5, 5.41) is 4.56. The van der Waals surface area contributed by atoms with E-state index in [1.807, 2.05) is 30.3 Å². The van der Waals surface area contributed by atoms with Crippen LogP contribution in [0.4, 0.5) is 14.5 Å². The summed E-state index contributed by atoms with van der Waals surface area (Å²) >= 11 is 1.16. The number of nitrogens with zero attached hydrogens (tertiary/aromatic N) is 1. The van der Waals surface area contributed by atoms with Gasteiger partial charge in [-0.2, -0.15) is 0 Å². The van der Waals surface area contributed by atoms with E-state index in [9.17, 15) is 13.6 Å². The normalized spacial score (nSPS) is 10.6. The highest BCUT2D eigenvalue weighted by molar-refractivity contribution is 7.13. The number of benzene rings is 3. The van der Waals surface area contributed by atoms with Crippen LogP contribution in [0.25, 0.3) is 10.6 Å². The molecule has 1 N–H and O–H groups in total. The number of carbonyl (C=O) groups excluding carboxylic acids is 1. The van der Waals surface area contributed by atoms with E-state index in [-0.39, 0.29) is 11.3 Å². The summed E-state index contributed by atoms with van der Waals surface area (Å²) in [5.41, 5.74) is 1.87. The lowest BCUT2D eigenvalue weighted by Crippen LogP contribution is -2.12. The maximum absolute atomic E-state index is 14.6. The second kappa shape index (κ2) is 8.84. The molecule has 1 aromatic heterocycles. The summed E-state index contributed by atoms with van der Waals surface area (Å²) < 4.78 is 33.2. The van der Waals surface area contributed by atoms with E-state index < -0.39 is 17.5 Å². The molecule has 0 bridgehead atoms. The van der Waals surface area contributed by atoms with Gasteiger partial charge in [0.1, 0.15) is 34.7 Å². The van der Waals surface area contributed by atoms with Gasteiger partial charge in [0.2, 0.25) is 0 Å². The van der Waals surface area contributed by atoms with Crippen LogP contribution in [0.1, 0.15) is 16.1 Å². The molecule has 0 radical (unpaired) electrons. The van der Waals surface area contributed by atoms with Crippen molar-refractivity contribution in [2.75, 3.05) is 5.32 Å². The largest absolute Gasteiger partial charge is 0.489 e.